The van der Waals surface area contributed by atoms with Gasteiger partial charge in [0.1, 0.15) is 0 Å². The van der Waals surface area contributed by atoms with Crippen LogP contribution in [0.1, 0.15) is 6.92 Å². The minimum Gasteiger partial charge on any atom is -0.336 e. The summed E-state index contributed by atoms with van der Waals surface area (Å²) in [5.41, 5.74) is 0. The van der Waals surface area contributed by atoms with Crippen molar-refractivity contribution in [1.82, 2.24) is 10.2 Å². The molecule has 0 aromatic carbocycles. The summed E-state index contributed by atoms with van der Waals surface area (Å²) >= 11 is 5.49. The minimum absolute atomic E-state index is 0.194. The fraction of sp³-hybridized carbons (Fsp3) is 0.714. The Balaban J connectivity index is 2.57. The van der Waals surface area contributed by atoms with Gasteiger partial charge in [-0.15, -0.1) is 11.6 Å². The molecule has 5 heteroatoms. The summed E-state index contributed by atoms with van der Waals surface area (Å²) < 4.78 is 0. The summed E-state index contributed by atoms with van der Waals surface area (Å²) in [5, 5.41) is 2.55. The number of amides is 3. The molecule has 0 aliphatic carbocycles. The molecule has 0 aromatic rings. The standard InChI is InChI=1S/C7H11ClN2O2/c1-5(4-8)6(11)10-3-2-9-7(10)12/h5H,2-4H2,1H3,(H,9,12). The molecule has 1 heterocycles. The smallest absolute Gasteiger partial charge is 0.324 e. The van der Waals surface area contributed by atoms with Crippen LogP contribution in [0.4, 0.5) is 4.79 Å². The highest BCUT2D eigenvalue weighted by Crippen LogP contribution is 2.07. The maximum absolute atomic E-state index is 11.4. The van der Waals surface area contributed by atoms with Crippen LogP contribution in [0.25, 0.3) is 0 Å². The Hall–Kier alpha value is -0.770. The summed E-state index contributed by atoms with van der Waals surface area (Å²) in [6.07, 6.45) is 0. The Morgan fingerprint density at radius 2 is 2.50 bits per heavy atom. The molecule has 1 saturated heterocycles. The molecule has 0 radical (unpaired) electrons. The van der Waals surface area contributed by atoms with Crippen LogP contribution in [0, 0.1) is 5.92 Å². The topological polar surface area (TPSA) is 49.4 Å². The Labute approximate surface area is 75.9 Å². The zero-order valence-electron chi connectivity index (χ0n) is 6.84. The van der Waals surface area contributed by atoms with E-state index in [-0.39, 0.29) is 23.7 Å². The third-order valence-corrected chi connectivity index (χ3v) is 2.24. The van der Waals surface area contributed by atoms with E-state index in [2.05, 4.69) is 5.32 Å². The molecule has 1 aliphatic heterocycles. The molecule has 0 aromatic heterocycles. The lowest BCUT2D eigenvalue weighted by Crippen LogP contribution is -2.38. The molecule has 12 heavy (non-hydrogen) atoms. The Kier molecular flexibility index (Phi) is 2.92. The van der Waals surface area contributed by atoms with Crippen LogP contribution < -0.4 is 5.32 Å². The number of nitrogens with one attached hydrogen (secondary N) is 1. The summed E-state index contributed by atoms with van der Waals surface area (Å²) in [7, 11) is 0. The van der Waals surface area contributed by atoms with Gasteiger partial charge in [0.05, 0.1) is 0 Å². The normalized spacial score (nSPS) is 19.2. The third-order valence-electron chi connectivity index (χ3n) is 1.78. The lowest BCUT2D eigenvalue weighted by atomic mass is 10.2. The van der Waals surface area contributed by atoms with Gasteiger partial charge in [0.25, 0.3) is 0 Å². The number of nitrogens with zero attached hydrogens (tertiary/aromatic N) is 1. The highest BCUT2D eigenvalue weighted by molar-refractivity contribution is 6.19. The second kappa shape index (κ2) is 3.76. The maximum atomic E-state index is 11.4. The van der Waals surface area contributed by atoms with Gasteiger partial charge in [-0.2, -0.15) is 0 Å². The molecule has 1 fully saturated rings. The van der Waals surface area contributed by atoms with Crippen molar-refractivity contribution in [2.75, 3.05) is 19.0 Å². The Bertz CT molecular complexity index is 208. The lowest BCUT2D eigenvalue weighted by molar-refractivity contribution is -0.130. The van der Waals surface area contributed by atoms with Gasteiger partial charge < -0.3 is 5.32 Å². The number of alkyl halides is 1. The predicted octanol–water partition coefficient (Wildman–Crippen LogP) is 0.413. The van der Waals surface area contributed by atoms with Gasteiger partial charge in [-0.05, 0) is 0 Å². The van der Waals surface area contributed by atoms with Crippen LogP contribution in [-0.2, 0) is 4.79 Å². The van der Waals surface area contributed by atoms with Crippen molar-refractivity contribution in [3.05, 3.63) is 0 Å². The first-order valence-corrected chi connectivity index (χ1v) is 4.35. The Morgan fingerprint density at radius 3 is 2.92 bits per heavy atom. The molecule has 0 saturated carbocycles. The number of halogens is 1. The Morgan fingerprint density at radius 1 is 1.83 bits per heavy atom. The summed E-state index contributed by atoms with van der Waals surface area (Å²) in [6, 6.07) is -0.308. The molecule has 0 bridgehead atoms. The quantitative estimate of drug-likeness (QED) is 0.642. The van der Waals surface area contributed by atoms with E-state index < -0.39 is 0 Å². The van der Waals surface area contributed by atoms with Gasteiger partial charge in [-0.3, -0.25) is 9.69 Å². The fourth-order valence-electron chi connectivity index (χ4n) is 1.01. The SMILES string of the molecule is CC(CCl)C(=O)N1CCNC1=O. The van der Waals surface area contributed by atoms with E-state index in [1.807, 2.05) is 0 Å². The van der Waals surface area contributed by atoms with Crippen molar-refractivity contribution in [3.8, 4) is 0 Å². The largest absolute Gasteiger partial charge is 0.336 e. The average Bonchev–Trinajstić information content (AvgIpc) is 2.48. The van der Waals surface area contributed by atoms with Crippen molar-refractivity contribution in [3.63, 3.8) is 0 Å². The molecule has 1 N–H and O–H groups in total. The summed E-state index contributed by atoms with van der Waals surface area (Å²) in [5.74, 6) is -0.224. The molecule has 1 rings (SSSR count). The number of carbonyl (C=O) groups is 2. The first kappa shape index (κ1) is 9.32. The number of hydrogen-bond donors (Lipinski definition) is 1. The molecule has 3 amide bonds. The fourth-order valence-corrected chi connectivity index (χ4v) is 1.15. The van der Waals surface area contributed by atoms with E-state index in [1.165, 1.54) is 4.90 Å². The first-order chi connectivity index (χ1) is 5.66. The van der Waals surface area contributed by atoms with Gasteiger partial charge in [0.2, 0.25) is 5.91 Å². The van der Waals surface area contributed by atoms with Crippen molar-refractivity contribution in [1.29, 1.82) is 0 Å². The van der Waals surface area contributed by atoms with Crippen LogP contribution in [0.5, 0.6) is 0 Å². The van der Waals surface area contributed by atoms with E-state index in [0.717, 1.165) is 0 Å². The molecule has 1 unspecified atom stereocenters. The summed E-state index contributed by atoms with van der Waals surface area (Å²) in [4.78, 5) is 23.6. The zero-order valence-corrected chi connectivity index (χ0v) is 7.60. The monoisotopic (exact) mass is 190 g/mol. The van der Waals surface area contributed by atoms with Crippen LogP contribution in [0.3, 0.4) is 0 Å². The molecule has 1 aliphatic rings. The second-order valence-corrected chi connectivity index (χ2v) is 3.09. The zero-order chi connectivity index (χ0) is 9.14. The molecule has 68 valence electrons. The van der Waals surface area contributed by atoms with Gasteiger partial charge in [-0.25, -0.2) is 4.79 Å². The predicted molar refractivity (Wildman–Crippen MR) is 45.0 cm³/mol. The molecular weight excluding hydrogens is 180 g/mol. The van der Waals surface area contributed by atoms with Crippen molar-refractivity contribution in [2.45, 2.75) is 6.92 Å². The minimum atomic E-state index is -0.308. The number of hydrogen-bond acceptors (Lipinski definition) is 2. The van der Waals surface area contributed by atoms with E-state index in [9.17, 15) is 9.59 Å². The highest BCUT2D eigenvalue weighted by Gasteiger charge is 2.28. The number of imide groups is 1. The van der Waals surface area contributed by atoms with Crippen LogP contribution in [0.15, 0.2) is 0 Å². The van der Waals surface area contributed by atoms with Gasteiger partial charge in [0, 0.05) is 24.9 Å². The second-order valence-electron chi connectivity index (χ2n) is 2.78. The average molecular weight is 191 g/mol. The van der Waals surface area contributed by atoms with Crippen molar-refractivity contribution < 1.29 is 9.59 Å². The molecular formula is C7H11ClN2O2. The van der Waals surface area contributed by atoms with Crippen LogP contribution in [-0.4, -0.2) is 35.8 Å². The van der Waals surface area contributed by atoms with E-state index >= 15 is 0 Å². The van der Waals surface area contributed by atoms with Crippen molar-refractivity contribution >= 4 is 23.5 Å². The lowest BCUT2D eigenvalue weighted by Gasteiger charge is -2.15. The van der Waals surface area contributed by atoms with Gasteiger partial charge in [0.15, 0.2) is 0 Å². The van der Waals surface area contributed by atoms with E-state index in [4.69, 9.17) is 11.6 Å². The van der Waals surface area contributed by atoms with Crippen LogP contribution >= 0.6 is 11.6 Å². The summed E-state index contributed by atoms with van der Waals surface area (Å²) in [6.45, 7) is 2.71. The number of urea groups is 1. The van der Waals surface area contributed by atoms with Gasteiger partial charge >= 0.3 is 6.03 Å². The van der Waals surface area contributed by atoms with Crippen molar-refractivity contribution in [2.24, 2.45) is 5.92 Å². The maximum Gasteiger partial charge on any atom is 0.324 e. The van der Waals surface area contributed by atoms with E-state index in [0.29, 0.717) is 13.1 Å². The van der Waals surface area contributed by atoms with Gasteiger partial charge in [-0.1, -0.05) is 6.92 Å². The molecule has 1 atom stereocenters. The molecule has 4 nitrogen and oxygen atoms in total. The highest BCUT2D eigenvalue weighted by atomic mass is 35.5. The third kappa shape index (κ3) is 1.69. The number of carbonyl (C=O) groups excluding carboxylic acids is 2. The first-order valence-electron chi connectivity index (χ1n) is 3.82. The molecule has 0 spiro atoms. The number of rotatable bonds is 2. The van der Waals surface area contributed by atoms with E-state index in [1.54, 1.807) is 6.92 Å². The van der Waals surface area contributed by atoms with Crippen LogP contribution in [0.2, 0.25) is 0 Å².